The lowest BCUT2D eigenvalue weighted by Crippen LogP contribution is -2.43. The molecule has 0 spiro atoms. The maximum Gasteiger partial charge on any atom is 0.225 e. The molecule has 2 aliphatic rings. The molecule has 15 heavy (non-hydrogen) atoms. The van der Waals surface area contributed by atoms with Crippen LogP contribution in [0.4, 0.5) is 0 Å². The van der Waals surface area contributed by atoms with Gasteiger partial charge in [-0.2, -0.15) is 0 Å². The van der Waals surface area contributed by atoms with Gasteiger partial charge in [-0.25, -0.2) is 0 Å². The zero-order valence-electron chi connectivity index (χ0n) is 9.75. The van der Waals surface area contributed by atoms with Crippen molar-refractivity contribution in [2.75, 3.05) is 33.3 Å². The third-order valence-electron chi connectivity index (χ3n) is 3.67. The van der Waals surface area contributed by atoms with E-state index in [0.717, 1.165) is 26.2 Å². The Labute approximate surface area is 91.0 Å². The fourth-order valence-corrected chi connectivity index (χ4v) is 2.69. The summed E-state index contributed by atoms with van der Waals surface area (Å²) >= 11 is 0. The molecular formula is C11H20N2O2. The quantitative estimate of drug-likeness (QED) is 0.705. The fraction of sp³-hybridized carbons (Fsp3) is 0.909. The molecule has 2 fully saturated rings. The molecule has 1 N–H and O–H groups in total. The minimum atomic E-state index is -0.120. The SMILES string of the molecule is COC12CNCC1CN(C(=O)C(C)C)C2. The van der Waals surface area contributed by atoms with E-state index in [9.17, 15) is 4.79 Å². The van der Waals surface area contributed by atoms with Gasteiger partial charge in [0.1, 0.15) is 5.60 Å². The molecule has 2 heterocycles. The molecule has 2 saturated heterocycles. The molecule has 86 valence electrons. The number of likely N-dealkylation sites (tertiary alicyclic amines) is 1. The first-order chi connectivity index (χ1) is 7.09. The molecule has 0 aromatic rings. The van der Waals surface area contributed by atoms with Crippen molar-refractivity contribution < 1.29 is 9.53 Å². The van der Waals surface area contributed by atoms with E-state index in [1.165, 1.54) is 0 Å². The molecule has 1 amide bonds. The van der Waals surface area contributed by atoms with Gasteiger partial charge >= 0.3 is 0 Å². The van der Waals surface area contributed by atoms with Gasteiger partial charge in [-0.15, -0.1) is 0 Å². The van der Waals surface area contributed by atoms with E-state index < -0.39 is 0 Å². The Balaban J connectivity index is 2.08. The summed E-state index contributed by atoms with van der Waals surface area (Å²) in [5.74, 6) is 0.803. The first-order valence-electron chi connectivity index (χ1n) is 5.64. The zero-order valence-corrected chi connectivity index (χ0v) is 9.75. The largest absolute Gasteiger partial charge is 0.375 e. The second-order valence-electron chi connectivity index (χ2n) is 4.97. The van der Waals surface area contributed by atoms with Gasteiger partial charge in [0.15, 0.2) is 0 Å². The van der Waals surface area contributed by atoms with Gasteiger partial charge in [0, 0.05) is 38.6 Å². The van der Waals surface area contributed by atoms with Crippen LogP contribution in [0, 0.1) is 11.8 Å². The van der Waals surface area contributed by atoms with Crippen LogP contribution in [0.15, 0.2) is 0 Å². The van der Waals surface area contributed by atoms with E-state index in [2.05, 4.69) is 5.32 Å². The van der Waals surface area contributed by atoms with E-state index in [1.807, 2.05) is 18.7 Å². The van der Waals surface area contributed by atoms with Crippen LogP contribution < -0.4 is 5.32 Å². The predicted molar refractivity (Wildman–Crippen MR) is 57.5 cm³/mol. The molecule has 0 aromatic carbocycles. The predicted octanol–water partition coefficient (Wildman–Crippen LogP) is 0.0892. The molecule has 0 bridgehead atoms. The normalized spacial score (nSPS) is 34.9. The van der Waals surface area contributed by atoms with Crippen LogP contribution in [0.3, 0.4) is 0 Å². The Hall–Kier alpha value is -0.610. The summed E-state index contributed by atoms with van der Waals surface area (Å²) in [4.78, 5) is 13.8. The van der Waals surface area contributed by atoms with Crippen molar-refractivity contribution in [2.45, 2.75) is 19.4 Å². The standard InChI is InChI=1S/C11H20N2O2/c1-8(2)10(14)13-5-9-4-12-6-11(9,7-13)15-3/h8-9,12H,4-7H2,1-3H3. The highest BCUT2D eigenvalue weighted by Crippen LogP contribution is 2.34. The minimum absolute atomic E-state index is 0.0886. The van der Waals surface area contributed by atoms with Crippen molar-refractivity contribution in [3.05, 3.63) is 0 Å². The van der Waals surface area contributed by atoms with Gasteiger partial charge in [-0.05, 0) is 0 Å². The maximum atomic E-state index is 11.9. The third-order valence-corrected chi connectivity index (χ3v) is 3.67. The van der Waals surface area contributed by atoms with Crippen molar-refractivity contribution in [1.29, 1.82) is 0 Å². The summed E-state index contributed by atoms with van der Waals surface area (Å²) in [7, 11) is 1.75. The first kappa shape index (κ1) is 10.9. The highest BCUT2D eigenvalue weighted by atomic mass is 16.5. The second-order valence-corrected chi connectivity index (χ2v) is 4.97. The number of amides is 1. The summed E-state index contributed by atoms with van der Waals surface area (Å²) in [6.45, 7) is 7.34. The minimum Gasteiger partial charge on any atom is -0.375 e. The number of nitrogens with one attached hydrogen (secondary N) is 1. The lowest BCUT2D eigenvalue weighted by atomic mass is 9.95. The summed E-state index contributed by atoms with van der Waals surface area (Å²) in [5, 5.41) is 3.34. The molecule has 0 radical (unpaired) electrons. The summed E-state index contributed by atoms with van der Waals surface area (Å²) in [6, 6.07) is 0. The van der Waals surface area contributed by atoms with Crippen molar-refractivity contribution in [3.8, 4) is 0 Å². The van der Waals surface area contributed by atoms with Gasteiger partial charge in [0.05, 0.1) is 6.54 Å². The summed E-state index contributed by atoms with van der Waals surface area (Å²) in [5.41, 5.74) is -0.120. The Bertz CT molecular complexity index is 267. The van der Waals surface area contributed by atoms with Crippen molar-refractivity contribution in [3.63, 3.8) is 0 Å². The smallest absolute Gasteiger partial charge is 0.225 e. The zero-order chi connectivity index (χ0) is 11.1. The van der Waals surface area contributed by atoms with Crippen LogP contribution >= 0.6 is 0 Å². The molecule has 0 aliphatic carbocycles. The number of fused-ring (bicyclic) bond motifs is 1. The van der Waals surface area contributed by atoms with Crippen LogP contribution in [-0.2, 0) is 9.53 Å². The highest BCUT2D eigenvalue weighted by Gasteiger charge is 2.51. The van der Waals surface area contributed by atoms with Gasteiger partial charge in [-0.3, -0.25) is 4.79 Å². The number of carbonyl (C=O) groups is 1. The Morgan fingerprint density at radius 2 is 2.33 bits per heavy atom. The average molecular weight is 212 g/mol. The van der Waals surface area contributed by atoms with Crippen molar-refractivity contribution >= 4 is 5.91 Å². The van der Waals surface area contributed by atoms with Crippen LogP contribution in [0.25, 0.3) is 0 Å². The number of nitrogens with zero attached hydrogens (tertiary/aromatic N) is 1. The number of carbonyl (C=O) groups excluding carboxylic acids is 1. The topological polar surface area (TPSA) is 41.6 Å². The number of rotatable bonds is 2. The highest BCUT2D eigenvalue weighted by molar-refractivity contribution is 5.78. The Morgan fingerprint density at radius 1 is 1.60 bits per heavy atom. The molecule has 4 heteroatoms. The molecule has 0 aromatic heterocycles. The van der Waals surface area contributed by atoms with Crippen LogP contribution in [0.1, 0.15) is 13.8 Å². The fourth-order valence-electron chi connectivity index (χ4n) is 2.69. The lowest BCUT2D eigenvalue weighted by Gasteiger charge is -2.26. The third kappa shape index (κ3) is 1.66. The Morgan fingerprint density at radius 3 is 2.87 bits per heavy atom. The van der Waals surface area contributed by atoms with Crippen molar-refractivity contribution in [2.24, 2.45) is 11.8 Å². The van der Waals surface area contributed by atoms with Gasteiger partial charge < -0.3 is 15.0 Å². The van der Waals surface area contributed by atoms with E-state index >= 15 is 0 Å². The number of methoxy groups -OCH3 is 1. The van der Waals surface area contributed by atoms with E-state index in [0.29, 0.717) is 5.92 Å². The van der Waals surface area contributed by atoms with Gasteiger partial charge in [-0.1, -0.05) is 13.8 Å². The van der Waals surface area contributed by atoms with Crippen molar-refractivity contribution in [1.82, 2.24) is 10.2 Å². The van der Waals surface area contributed by atoms with E-state index in [4.69, 9.17) is 4.74 Å². The van der Waals surface area contributed by atoms with E-state index in [-0.39, 0.29) is 17.4 Å². The molecule has 2 atom stereocenters. The number of hydrogen-bond donors (Lipinski definition) is 1. The molecule has 0 saturated carbocycles. The molecule has 2 unspecified atom stereocenters. The van der Waals surface area contributed by atoms with Gasteiger partial charge in [0.25, 0.3) is 0 Å². The maximum absolute atomic E-state index is 11.9. The lowest BCUT2D eigenvalue weighted by molar-refractivity contribution is -0.134. The van der Waals surface area contributed by atoms with Crippen LogP contribution in [0.5, 0.6) is 0 Å². The molecular weight excluding hydrogens is 192 g/mol. The monoisotopic (exact) mass is 212 g/mol. The van der Waals surface area contributed by atoms with Crippen LogP contribution in [0.2, 0.25) is 0 Å². The molecule has 2 aliphatic heterocycles. The Kier molecular flexibility index (Phi) is 2.73. The summed E-state index contributed by atoms with van der Waals surface area (Å²) in [6.07, 6.45) is 0. The number of ether oxygens (including phenoxy) is 1. The van der Waals surface area contributed by atoms with Gasteiger partial charge in [0.2, 0.25) is 5.91 Å². The second kappa shape index (κ2) is 3.76. The number of hydrogen-bond acceptors (Lipinski definition) is 3. The summed E-state index contributed by atoms with van der Waals surface area (Å²) < 4.78 is 5.63. The van der Waals surface area contributed by atoms with E-state index in [1.54, 1.807) is 7.11 Å². The van der Waals surface area contributed by atoms with Crippen LogP contribution in [-0.4, -0.2) is 49.7 Å². The molecule has 2 rings (SSSR count). The first-order valence-corrected chi connectivity index (χ1v) is 5.64. The molecule has 4 nitrogen and oxygen atoms in total. The average Bonchev–Trinajstić information content (AvgIpc) is 2.72.